The summed E-state index contributed by atoms with van der Waals surface area (Å²) in [7, 11) is -3.19. The van der Waals surface area contributed by atoms with E-state index in [4.69, 9.17) is 0 Å². The third-order valence-electron chi connectivity index (χ3n) is 3.86. The third kappa shape index (κ3) is 5.82. The maximum atomic E-state index is 11.5. The first-order valence-electron chi connectivity index (χ1n) is 8.28. The van der Waals surface area contributed by atoms with Crippen LogP contribution in [0, 0.1) is 0 Å². The molecule has 0 aliphatic heterocycles. The smallest absolute Gasteiger partial charge is 0.191 e. The number of benzene rings is 1. The minimum absolute atomic E-state index is 0.294. The minimum Gasteiger partial charge on any atom is -0.384 e. The van der Waals surface area contributed by atoms with Gasteiger partial charge in [-0.2, -0.15) is 11.3 Å². The van der Waals surface area contributed by atoms with Crippen molar-refractivity contribution in [1.82, 2.24) is 10.6 Å². The maximum Gasteiger partial charge on any atom is 0.191 e. The number of hydrogen-bond acceptors (Lipinski definition) is 5. The van der Waals surface area contributed by atoms with Crippen LogP contribution in [-0.4, -0.2) is 38.8 Å². The number of guanidine groups is 1. The van der Waals surface area contributed by atoms with Crippen molar-refractivity contribution in [2.45, 2.75) is 30.9 Å². The lowest BCUT2D eigenvalue weighted by Crippen LogP contribution is -2.44. The van der Waals surface area contributed by atoms with Gasteiger partial charge in [-0.15, -0.1) is 0 Å². The Kier molecular flexibility index (Phi) is 6.80. The summed E-state index contributed by atoms with van der Waals surface area (Å²) in [5, 5.41) is 20.7. The van der Waals surface area contributed by atoms with E-state index in [0.717, 1.165) is 11.1 Å². The zero-order chi connectivity index (χ0) is 19.2. The van der Waals surface area contributed by atoms with Gasteiger partial charge < -0.3 is 15.7 Å². The molecule has 2 aromatic rings. The molecule has 2 rings (SSSR count). The van der Waals surface area contributed by atoms with Crippen LogP contribution in [0.4, 0.5) is 0 Å². The van der Waals surface area contributed by atoms with E-state index in [-0.39, 0.29) is 0 Å². The predicted molar refractivity (Wildman–Crippen MR) is 106 cm³/mol. The monoisotopic (exact) mass is 395 g/mol. The van der Waals surface area contributed by atoms with E-state index < -0.39 is 15.4 Å². The van der Waals surface area contributed by atoms with E-state index in [1.165, 1.54) is 6.26 Å². The van der Waals surface area contributed by atoms with Crippen LogP contribution in [0.5, 0.6) is 0 Å². The Balaban J connectivity index is 2.02. The summed E-state index contributed by atoms with van der Waals surface area (Å²) >= 11 is 1.54. The number of hydrogen-bond donors (Lipinski definition) is 3. The molecule has 6 nitrogen and oxygen atoms in total. The van der Waals surface area contributed by atoms with Crippen LogP contribution in [0.3, 0.4) is 0 Å². The molecular weight excluding hydrogens is 370 g/mol. The van der Waals surface area contributed by atoms with E-state index in [1.807, 2.05) is 23.8 Å². The molecule has 142 valence electrons. The fourth-order valence-electron chi connectivity index (χ4n) is 2.28. The average Bonchev–Trinajstić information content (AvgIpc) is 3.12. The van der Waals surface area contributed by atoms with Gasteiger partial charge in [0.2, 0.25) is 0 Å². The summed E-state index contributed by atoms with van der Waals surface area (Å²) in [5.41, 5.74) is 0.772. The van der Waals surface area contributed by atoms with E-state index in [2.05, 4.69) is 15.6 Å². The van der Waals surface area contributed by atoms with Gasteiger partial charge in [0, 0.05) is 12.8 Å². The van der Waals surface area contributed by atoms with Crippen LogP contribution in [0.15, 0.2) is 51.0 Å². The lowest BCUT2D eigenvalue weighted by atomic mass is 9.99. The van der Waals surface area contributed by atoms with Crippen LogP contribution in [0.2, 0.25) is 0 Å². The summed E-state index contributed by atoms with van der Waals surface area (Å²) in [6.07, 6.45) is 1.19. The summed E-state index contributed by atoms with van der Waals surface area (Å²) < 4.78 is 23.0. The molecule has 0 saturated carbocycles. The van der Waals surface area contributed by atoms with Gasteiger partial charge in [0.1, 0.15) is 5.60 Å². The highest BCUT2D eigenvalue weighted by molar-refractivity contribution is 7.90. The van der Waals surface area contributed by atoms with Gasteiger partial charge in [-0.3, -0.25) is 0 Å². The van der Waals surface area contributed by atoms with Crippen molar-refractivity contribution in [3.8, 4) is 0 Å². The first-order valence-corrected chi connectivity index (χ1v) is 11.1. The summed E-state index contributed by atoms with van der Waals surface area (Å²) in [6, 6.07) is 8.58. The van der Waals surface area contributed by atoms with Crippen molar-refractivity contribution in [3.05, 3.63) is 52.2 Å². The Morgan fingerprint density at radius 2 is 1.92 bits per heavy atom. The lowest BCUT2D eigenvalue weighted by molar-refractivity contribution is 0.0621. The molecule has 0 bridgehead atoms. The van der Waals surface area contributed by atoms with Crippen molar-refractivity contribution in [2.24, 2.45) is 4.99 Å². The fraction of sp³-hybridized carbons (Fsp3) is 0.389. The molecule has 0 fully saturated rings. The van der Waals surface area contributed by atoms with Gasteiger partial charge in [0.05, 0.1) is 18.0 Å². The SMILES string of the molecule is CCNC(=NCc1ccc(S(C)(=O)=O)cc1)NCC(C)(O)c1ccsc1. The molecule has 1 heterocycles. The van der Waals surface area contributed by atoms with Crippen molar-refractivity contribution >= 4 is 27.1 Å². The van der Waals surface area contributed by atoms with E-state index in [1.54, 1.807) is 42.5 Å². The highest BCUT2D eigenvalue weighted by Crippen LogP contribution is 2.22. The second kappa shape index (κ2) is 8.66. The predicted octanol–water partition coefficient (Wildman–Crippen LogP) is 2.11. The van der Waals surface area contributed by atoms with Crippen LogP contribution >= 0.6 is 11.3 Å². The fourth-order valence-corrected chi connectivity index (χ4v) is 3.70. The zero-order valence-corrected chi connectivity index (χ0v) is 16.8. The number of aliphatic hydroxyl groups is 1. The van der Waals surface area contributed by atoms with E-state index in [9.17, 15) is 13.5 Å². The summed E-state index contributed by atoms with van der Waals surface area (Å²) in [5.74, 6) is 0.593. The summed E-state index contributed by atoms with van der Waals surface area (Å²) in [4.78, 5) is 4.79. The van der Waals surface area contributed by atoms with Gasteiger partial charge in [-0.25, -0.2) is 13.4 Å². The number of thiophene rings is 1. The first-order chi connectivity index (χ1) is 12.2. The Labute approximate surface area is 158 Å². The molecule has 8 heteroatoms. The van der Waals surface area contributed by atoms with Gasteiger partial charge in [0.25, 0.3) is 0 Å². The topological polar surface area (TPSA) is 90.8 Å². The second-order valence-electron chi connectivity index (χ2n) is 6.25. The molecule has 26 heavy (non-hydrogen) atoms. The molecule has 0 aliphatic rings. The highest BCUT2D eigenvalue weighted by Gasteiger charge is 2.23. The molecule has 3 N–H and O–H groups in total. The zero-order valence-electron chi connectivity index (χ0n) is 15.2. The number of nitrogens with zero attached hydrogens (tertiary/aromatic N) is 1. The molecule has 0 amide bonds. The van der Waals surface area contributed by atoms with Gasteiger partial charge in [0.15, 0.2) is 15.8 Å². The first kappa shape index (κ1) is 20.4. The minimum atomic E-state index is -3.19. The number of nitrogens with one attached hydrogen (secondary N) is 2. The van der Waals surface area contributed by atoms with E-state index in [0.29, 0.717) is 30.5 Å². The molecular formula is C18H25N3O3S2. The van der Waals surface area contributed by atoms with Crippen LogP contribution in [-0.2, 0) is 22.0 Å². The number of sulfone groups is 1. The molecule has 1 atom stereocenters. The Bertz CT molecular complexity index is 827. The molecule has 0 spiro atoms. The Morgan fingerprint density at radius 1 is 1.23 bits per heavy atom. The molecule has 1 unspecified atom stereocenters. The Morgan fingerprint density at radius 3 is 2.46 bits per heavy atom. The average molecular weight is 396 g/mol. The van der Waals surface area contributed by atoms with Crippen molar-refractivity contribution < 1.29 is 13.5 Å². The standard InChI is InChI=1S/C18H25N3O3S2/c1-4-19-17(21-13-18(2,22)15-9-10-25-12-15)20-11-14-5-7-16(8-6-14)26(3,23)24/h5-10,12,22H,4,11,13H2,1-3H3,(H2,19,20,21). The Hall–Kier alpha value is -1.90. The van der Waals surface area contributed by atoms with Crippen molar-refractivity contribution in [1.29, 1.82) is 0 Å². The third-order valence-corrected chi connectivity index (χ3v) is 5.67. The van der Waals surface area contributed by atoms with Gasteiger partial charge in [-0.1, -0.05) is 12.1 Å². The number of rotatable bonds is 7. The normalized spacial score (nSPS) is 14.7. The second-order valence-corrected chi connectivity index (χ2v) is 9.05. The summed E-state index contributed by atoms with van der Waals surface area (Å²) in [6.45, 7) is 5.15. The van der Waals surface area contributed by atoms with Crippen LogP contribution in [0.25, 0.3) is 0 Å². The quantitative estimate of drug-likeness (QED) is 0.493. The molecule has 0 radical (unpaired) electrons. The highest BCUT2D eigenvalue weighted by atomic mass is 32.2. The largest absolute Gasteiger partial charge is 0.384 e. The van der Waals surface area contributed by atoms with Crippen molar-refractivity contribution in [2.75, 3.05) is 19.3 Å². The molecule has 0 aliphatic carbocycles. The number of aliphatic imine (C=N–C) groups is 1. The lowest BCUT2D eigenvalue weighted by Gasteiger charge is -2.24. The van der Waals surface area contributed by atoms with Crippen LogP contribution < -0.4 is 10.6 Å². The van der Waals surface area contributed by atoms with Gasteiger partial charge >= 0.3 is 0 Å². The maximum absolute atomic E-state index is 11.5. The molecule has 0 saturated heterocycles. The molecule has 1 aromatic carbocycles. The van der Waals surface area contributed by atoms with Gasteiger partial charge in [-0.05, 0) is 53.9 Å². The van der Waals surface area contributed by atoms with Crippen molar-refractivity contribution in [3.63, 3.8) is 0 Å². The van der Waals surface area contributed by atoms with Crippen LogP contribution in [0.1, 0.15) is 25.0 Å². The molecule has 1 aromatic heterocycles. The van der Waals surface area contributed by atoms with E-state index >= 15 is 0 Å².